The van der Waals surface area contributed by atoms with Gasteiger partial charge in [-0.25, -0.2) is 4.99 Å². The molecule has 1 unspecified atom stereocenters. The van der Waals surface area contributed by atoms with Gasteiger partial charge in [0.15, 0.2) is 5.96 Å². The van der Waals surface area contributed by atoms with Gasteiger partial charge >= 0.3 is 0 Å². The van der Waals surface area contributed by atoms with Gasteiger partial charge in [0, 0.05) is 31.8 Å². The maximum absolute atomic E-state index is 5.85. The summed E-state index contributed by atoms with van der Waals surface area (Å²) in [5, 5.41) is 6.69. The van der Waals surface area contributed by atoms with E-state index in [1.54, 1.807) is 6.08 Å². The first-order valence-corrected chi connectivity index (χ1v) is 9.70. The van der Waals surface area contributed by atoms with Gasteiger partial charge in [0.25, 0.3) is 0 Å². The molecule has 6 nitrogen and oxygen atoms in total. The molecule has 28 heavy (non-hydrogen) atoms. The van der Waals surface area contributed by atoms with E-state index in [0.717, 1.165) is 43.3 Å². The van der Waals surface area contributed by atoms with Crippen molar-refractivity contribution in [2.24, 2.45) is 4.99 Å². The number of ether oxygens (including phenoxy) is 2. The van der Waals surface area contributed by atoms with Crippen LogP contribution in [0, 0.1) is 0 Å². The number of aliphatic imine (C=N–C) groups is 1. The number of nitrogens with zero attached hydrogens (tertiary/aromatic N) is 2. The Morgan fingerprint density at radius 2 is 2.00 bits per heavy atom. The smallest absolute Gasteiger partial charge is 0.191 e. The standard InChI is InChI=1S/C21H36N4O2.HI/c1-6-15-27-20-12-10-9-11-18(20)16-23-21(22-7-2)24-17-19(26-8-3)13-14-25(4)5;/h6,9-12,19H,1,7-8,13-17H2,2-5H3,(H2,22,23,24);1H. The minimum absolute atomic E-state index is 0. The van der Waals surface area contributed by atoms with Crippen molar-refractivity contribution in [1.82, 2.24) is 15.5 Å². The van der Waals surface area contributed by atoms with Crippen molar-refractivity contribution in [3.8, 4) is 5.75 Å². The molecular weight excluding hydrogens is 467 g/mol. The second kappa shape index (κ2) is 16.6. The van der Waals surface area contributed by atoms with Crippen LogP contribution in [0.1, 0.15) is 25.8 Å². The van der Waals surface area contributed by atoms with Gasteiger partial charge in [0.1, 0.15) is 12.4 Å². The molecule has 0 aromatic heterocycles. The molecule has 1 rings (SSSR count). The fourth-order valence-electron chi connectivity index (χ4n) is 2.52. The second-order valence-corrected chi connectivity index (χ2v) is 6.45. The molecule has 1 aromatic rings. The van der Waals surface area contributed by atoms with Crippen molar-refractivity contribution < 1.29 is 9.47 Å². The second-order valence-electron chi connectivity index (χ2n) is 6.45. The van der Waals surface area contributed by atoms with Gasteiger partial charge in [0.05, 0.1) is 12.6 Å². The van der Waals surface area contributed by atoms with Crippen LogP contribution >= 0.6 is 24.0 Å². The van der Waals surface area contributed by atoms with E-state index in [9.17, 15) is 0 Å². The summed E-state index contributed by atoms with van der Waals surface area (Å²) in [5.74, 6) is 1.63. The molecule has 0 saturated carbocycles. The Hall–Kier alpha value is -1.32. The average molecular weight is 504 g/mol. The maximum atomic E-state index is 5.85. The molecule has 0 amide bonds. The Morgan fingerprint density at radius 1 is 1.25 bits per heavy atom. The summed E-state index contributed by atoms with van der Waals surface area (Å²) in [7, 11) is 4.15. The molecule has 1 aromatic carbocycles. The van der Waals surface area contributed by atoms with Crippen LogP contribution in [-0.2, 0) is 11.3 Å². The summed E-state index contributed by atoms with van der Waals surface area (Å²) in [6.07, 6.45) is 2.88. The highest BCUT2D eigenvalue weighted by Gasteiger charge is 2.10. The van der Waals surface area contributed by atoms with Crippen LogP contribution in [0.25, 0.3) is 0 Å². The Morgan fingerprint density at radius 3 is 2.64 bits per heavy atom. The quantitative estimate of drug-likeness (QED) is 0.187. The van der Waals surface area contributed by atoms with Gasteiger partial charge in [-0.3, -0.25) is 0 Å². The predicted molar refractivity (Wildman–Crippen MR) is 129 cm³/mol. The van der Waals surface area contributed by atoms with Gasteiger partial charge in [-0.2, -0.15) is 0 Å². The minimum Gasteiger partial charge on any atom is -0.489 e. The maximum Gasteiger partial charge on any atom is 0.191 e. The van der Waals surface area contributed by atoms with Crippen LogP contribution < -0.4 is 15.4 Å². The zero-order valence-electron chi connectivity index (χ0n) is 17.7. The number of nitrogens with one attached hydrogen (secondary N) is 2. The van der Waals surface area contributed by atoms with E-state index in [0.29, 0.717) is 19.8 Å². The van der Waals surface area contributed by atoms with E-state index in [1.165, 1.54) is 0 Å². The van der Waals surface area contributed by atoms with E-state index < -0.39 is 0 Å². The highest BCUT2D eigenvalue weighted by molar-refractivity contribution is 14.0. The third-order valence-corrected chi connectivity index (χ3v) is 3.88. The Labute approximate surface area is 187 Å². The first-order chi connectivity index (χ1) is 13.1. The molecule has 0 aliphatic heterocycles. The van der Waals surface area contributed by atoms with Gasteiger partial charge in [-0.1, -0.05) is 30.9 Å². The average Bonchev–Trinajstić information content (AvgIpc) is 2.66. The van der Waals surface area contributed by atoms with E-state index >= 15 is 0 Å². The highest BCUT2D eigenvalue weighted by Crippen LogP contribution is 2.18. The molecule has 160 valence electrons. The van der Waals surface area contributed by atoms with E-state index in [2.05, 4.69) is 43.1 Å². The van der Waals surface area contributed by atoms with Crippen LogP contribution in [-0.4, -0.2) is 63.9 Å². The number of hydrogen-bond acceptors (Lipinski definition) is 4. The lowest BCUT2D eigenvalue weighted by Crippen LogP contribution is -2.42. The third-order valence-electron chi connectivity index (χ3n) is 3.88. The molecule has 0 heterocycles. The molecule has 7 heteroatoms. The van der Waals surface area contributed by atoms with Gasteiger partial charge in [-0.15, -0.1) is 24.0 Å². The number of guanidine groups is 1. The zero-order valence-corrected chi connectivity index (χ0v) is 20.1. The van der Waals surface area contributed by atoms with E-state index in [4.69, 9.17) is 14.5 Å². The molecule has 0 bridgehead atoms. The molecule has 0 spiro atoms. The van der Waals surface area contributed by atoms with E-state index in [1.807, 2.05) is 31.2 Å². The summed E-state index contributed by atoms with van der Waals surface area (Å²) in [4.78, 5) is 6.87. The van der Waals surface area contributed by atoms with Crippen molar-refractivity contribution in [3.05, 3.63) is 42.5 Å². The Balaban J connectivity index is 0.00000729. The van der Waals surface area contributed by atoms with Crippen LogP contribution in [0.15, 0.2) is 41.9 Å². The van der Waals surface area contributed by atoms with Crippen LogP contribution in [0.5, 0.6) is 5.75 Å². The Kier molecular flexibility index (Phi) is 15.8. The SMILES string of the molecule is C=CCOc1ccccc1CN=C(NCC)NCC(CCN(C)C)OCC.I. The number of rotatable bonds is 13. The normalized spacial score (nSPS) is 12.2. The van der Waals surface area contributed by atoms with Crippen molar-refractivity contribution in [1.29, 1.82) is 0 Å². The number of hydrogen-bond donors (Lipinski definition) is 2. The van der Waals surface area contributed by atoms with Crippen molar-refractivity contribution in [2.75, 3.05) is 46.9 Å². The lowest BCUT2D eigenvalue weighted by atomic mass is 10.2. The van der Waals surface area contributed by atoms with Gasteiger partial charge in [-0.05, 0) is 40.4 Å². The lowest BCUT2D eigenvalue weighted by molar-refractivity contribution is 0.0548. The first-order valence-electron chi connectivity index (χ1n) is 9.70. The van der Waals surface area contributed by atoms with E-state index in [-0.39, 0.29) is 30.1 Å². The molecule has 1 atom stereocenters. The summed E-state index contributed by atoms with van der Waals surface area (Å²) in [5.41, 5.74) is 1.05. The molecule has 2 N–H and O–H groups in total. The summed E-state index contributed by atoms with van der Waals surface area (Å²) < 4.78 is 11.6. The number of halogens is 1. The van der Waals surface area contributed by atoms with Crippen LogP contribution in [0.3, 0.4) is 0 Å². The fourth-order valence-corrected chi connectivity index (χ4v) is 2.52. The zero-order chi connectivity index (χ0) is 19.9. The highest BCUT2D eigenvalue weighted by atomic mass is 127. The topological polar surface area (TPSA) is 58.1 Å². The summed E-state index contributed by atoms with van der Waals surface area (Å²) in [6.45, 7) is 12.0. The van der Waals surface area contributed by atoms with Crippen LogP contribution in [0.2, 0.25) is 0 Å². The number of benzene rings is 1. The van der Waals surface area contributed by atoms with Gasteiger partial charge in [0.2, 0.25) is 0 Å². The lowest BCUT2D eigenvalue weighted by Gasteiger charge is -2.21. The molecular formula is C21H37IN4O2. The minimum atomic E-state index is 0. The van der Waals surface area contributed by atoms with Gasteiger partial charge < -0.3 is 25.0 Å². The molecule has 0 radical (unpaired) electrons. The summed E-state index contributed by atoms with van der Waals surface area (Å²) >= 11 is 0. The number of para-hydroxylation sites is 1. The fraction of sp³-hybridized carbons (Fsp3) is 0.571. The predicted octanol–water partition coefficient (Wildman–Crippen LogP) is 3.28. The van der Waals surface area contributed by atoms with Crippen molar-refractivity contribution in [2.45, 2.75) is 32.9 Å². The monoisotopic (exact) mass is 504 g/mol. The van der Waals surface area contributed by atoms with Crippen molar-refractivity contribution in [3.63, 3.8) is 0 Å². The molecule has 0 fully saturated rings. The molecule has 0 aliphatic rings. The Bertz CT molecular complexity index is 567. The third kappa shape index (κ3) is 11.5. The first kappa shape index (κ1) is 26.7. The summed E-state index contributed by atoms with van der Waals surface area (Å²) in [6, 6.07) is 7.96. The van der Waals surface area contributed by atoms with Crippen LogP contribution in [0.4, 0.5) is 0 Å². The van der Waals surface area contributed by atoms with Crippen molar-refractivity contribution >= 4 is 29.9 Å². The molecule has 0 saturated heterocycles. The molecule has 0 aliphatic carbocycles. The largest absolute Gasteiger partial charge is 0.489 e.